The molecule has 0 fully saturated rings. The van der Waals surface area contributed by atoms with Crippen molar-refractivity contribution in [2.24, 2.45) is 0 Å². The lowest BCUT2D eigenvalue weighted by atomic mass is 9.87. The van der Waals surface area contributed by atoms with Gasteiger partial charge in [-0.25, -0.2) is 4.98 Å². The summed E-state index contributed by atoms with van der Waals surface area (Å²) in [4.78, 5) is 17.5. The van der Waals surface area contributed by atoms with E-state index in [0.717, 1.165) is 37.8 Å². The minimum atomic E-state index is -0.173. The molecule has 8 heteroatoms. The van der Waals surface area contributed by atoms with Gasteiger partial charge in [-0.3, -0.25) is 4.79 Å². The Morgan fingerprint density at radius 3 is 2.68 bits per heavy atom. The third-order valence-corrected chi connectivity index (χ3v) is 7.15. The van der Waals surface area contributed by atoms with Gasteiger partial charge in [0.25, 0.3) is 0 Å². The maximum atomic E-state index is 12.8. The van der Waals surface area contributed by atoms with Crippen molar-refractivity contribution in [3.63, 3.8) is 0 Å². The zero-order valence-electron chi connectivity index (χ0n) is 17.9. The lowest BCUT2D eigenvalue weighted by Crippen LogP contribution is -2.24. The molecule has 6 rings (SSSR count). The second-order valence-corrected chi connectivity index (χ2v) is 9.53. The monoisotopic (exact) mass is 486 g/mol. The number of rotatable bonds is 5. The summed E-state index contributed by atoms with van der Waals surface area (Å²) in [7, 11) is 0. The molecule has 168 valence electrons. The lowest BCUT2D eigenvalue weighted by Gasteiger charge is -2.25. The number of hydrogen-bond donors (Lipinski definition) is 1. The number of carbonyl (C=O) groups excluding carboxylic acids is 1. The van der Waals surface area contributed by atoms with E-state index in [9.17, 15) is 4.79 Å². The Morgan fingerprint density at radius 2 is 1.82 bits per heavy atom. The fourth-order valence-corrected chi connectivity index (χ4v) is 5.29. The molecule has 1 aliphatic heterocycles. The number of carbonyl (C=O) groups is 1. The molecule has 6 nitrogen and oxygen atoms in total. The first-order valence-electron chi connectivity index (χ1n) is 10.9. The van der Waals surface area contributed by atoms with Crippen molar-refractivity contribution < 1.29 is 9.53 Å². The number of halogens is 1. The Kier molecular flexibility index (Phi) is 5.28. The molecule has 0 aliphatic carbocycles. The summed E-state index contributed by atoms with van der Waals surface area (Å²) in [5, 5.41) is 9.02. The van der Waals surface area contributed by atoms with Crippen LogP contribution >= 0.6 is 22.9 Å². The number of aromatic nitrogens is 3. The highest BCUT2D eigenvalue weighted by Crippen LogP contribution is 2.42. The van der Waals surface area contributed by atoms with Gasteiger partial charge in [-0.05, 0) is 35.9 Å². The molecule has 1 atom stereocenters. The van der Waals surface area contributed by atoms with Crippen LogP contribution in [-0.4, -0.2) is 20.7 Å². The summed E-state index contributed by atoms with van der Waals surface area (Å²) in [6.45, 7) is 0.408. The maximum absolute atomic E-state index is 12.8. The van der Waals surface area contributed by atoms with Crippen molar-refractivity contribution in [2.75, 3.05) is 5.32 Å². The first kappa shape index (κ1) is 20.9. The largest absolute Gasteiger partial charge is 0.489 e. The number of para-hydroxylation sites is 2. The molecule has 0 unspecified atom stereocenters. The lowest BCUT2D eigenvalue weighted by molar-refractivity contribution is -0.116. The highest BCUT2D eigenvalue weighted by molar-refractivity contribution is 7.20. The van der Waals surface area contributed by atoms with Crippen molar-refractivity contribution in [1.29, 1.82) is 0 Å². The molecular weight excluding hydrogens is 468 g/mol. The van der Waals surface area contributed by atoms with Crippen LogP contribution < -0.4 is 10.1 Å². The smallest absolute Gasteiger partial charge is 0.226 e. The van der Waals surface area contributed by atoms with Crippen molar-refractivity contribution in [3.05, 3.63) is 101 Å². The first-order valence-corrected chi connectivity index (χ1v) is 12.0. The van der Waals surface area contributed by atoms with E-state index >= 15 is 0 Å². The van der Waals surface area contributed by atoms with Gasteiger partial charge in [0.2, 0.25) is 11.0 Å². The van der Waals surface area contributed by atoms with Crippen molar-refractivity contribution in [1.82, 2.24) is 14.8 Å². The van der Waals surface area contributed by atoms with Gasteiger partial charge in [0.05, 0.1) is 16.4 Å². The van der Waals surface area contributed by atoms with Crippen LogP contribution in [0.2, 0.25) is 5.02 Å². The normalized spacial score (nSPS) is 15.2. The van der Waals surface area contributed by atoms with Gasteiger partial charge >= 0.3 is 0 Å². The Labute approximate surface area is 204 Å². The van der Waals surface area contributed by atoms with Gasteiger partial charge < -0.3 is 10.1 Å². The molecular formula is C26H19ClN4O2S. The first-order chi connectivity index (χ1) is 16.7. The van der Waals surface area contributed by atoms with E-state index in [1.54, 1.807) is 4.68 Å². The maximum Gasteiger partial charge on any atom is 0.226 e. The molecule has 3 heterocycles. The Hall–Kier alpha value is -3.68. The number of amides is 1. The highest BCUT2D eigenvalue weighted by Gasteiger charge is 2.32. The van der Waals surface area contributed by atoms with Gasteiger partial charge in [0, 0.05) is 28.5 Å². The van der Waals surface area contributed by atoms with Crippen LogP contribution in [0.3, 0.4) is 0 Å². The molecule has 3 aromatic carbocycles. The topological polar surface area (TPSA) is 69.0 Å². The van der Waals surface area contributed by atoms with Gasteiger partial charge in [-0.15, -0.1) is 0 Å². The summed E-state index contributed by atoms with van der Waals surface area (Å²) in [6.07, 6.45) is 2.14. The molecule has 0 saturated carbocycles. The van der Waals surface area contributed by atoms with Crippen LogP contribution in [0, 0.1) is 0 Å². The minimum Gasteiger partial charge on any atom is -0.489 e. The fourth-order valence-electron chi connectivity index (χ4n) is 4.23. The molecule has 1 amide bonds. The van der Waals surface area contributed by atoms with Crippen LogP contribution in [0.5, 0.6) is 5.75 Å². The number of benzene rings is 3. The third kappa shape index (κ3) is 3.83. The number of nitrogens with one attached hydrogen (secondary N) is 1. The molecule has 0 saturated heterocycles. The number of hydrogen-bond acceptors (Lipinski definition) is 5. The molecule has 5 aromatic rings. The average Bonchev–Trinajstić information content (AvgIpc) is 3.47. The van der Waals surface area contributed by atoms with E-state index in [1.807, 2.05) is 79.0 Å². The zero-order valence-corrected chi connectivity index (χ0v) is 19.5. The van der Waals surface area contributed by atoms with Crippen molar-refractivity contribution in [3.8, 4) is 10.9 Å². The van der Waals surface area contributed by atoms with Crippen LogP contribution in [0.1, 0.15) is 29.0 Å². The Bertz CT molecular complexity index is 1480. The number of nitrogens with zero attached hydrogens (tertiary/aromatic N) is 3. The van der Waals surface area contributed by atoms with Gasteiger partial charge in [0.1, 0.15) is 18.2 Å². The molecule has 0 bridgehead atoms. The summed E-state index contributed by atoms with van der Waals surface area (Å²) >= 11 is 7.54. The van der Waals surface area contributed by atoms with E-state index in [4.69, 9.17) is 21.3 Å². The molecule has 34 heavy (non-hydrogen) atoms. The van der Waals surface area contributed by atoms with Crippen LogP contribution in [0.15, 0.2) is 79.0 Å². The predicted octanol–water partition coefficient (Wildman–Crippen LogP) is 6.19. The molecule has 0 radical (unpaired) electrons. The fraction of sp³-hybridized carbons (Fsp3) is 0.115. The van der Waals surface area contributed by atoms with Crippen molar-refractivity contribution >= 4 is 44.9 Å². The second-order valence-electron chi connectivity index (χ2n) is 8.08. The summed E-state index contributed by atoms with van der Waals surface area (Å²) in [5.74, 6) is 1.17. The van der Waals surface area contributed by atoms with E-state index in [0.29, 0.717) is 23.9 Å². The number of fused-ring (bicyclic) bond motifs is 2. The zero-order chi connectivity index (χ0) is 23.1. The van der Waals surface area contributed by atoms with Crippen molar-refractivity contribution in [2.45, 2.75) is 18.9 Å². The second kappa shape index (κ2) is 8.59. The third-order valence-electron chi connectivity index (χ3n) is 5.89. The Balaban J connectivity index is 1.35. The van der Waals surface area contributed by atoms with E-state index in [-0.39, 0.29) is 11.8 Å². The van der Waals surface area contributed by atoms with E-state index in [1.165, 1.54) is 11.3 Å². The molecule has 1 aliphatic rings. The summed E-state index contributed by atoms with van der Waals surface area (Å²) in [6, 6.07) is 23.4. The van der Waals surface area contributed by atoms with Gasteiger partial charge in [-0.2, -0.15) is 9.78 Å². The van der Waals surface area contributed by atoms with Gasteiger partial charge in [0.15, 0.2) is 0 Å². The highest BCUT2D eigenvalue weighted by atomic mass is 35.5. The molecule has 0 spiro atoms. The van der Waals surface area contributed by atoms with Crippen LogP contribution in [0.4, 0.5) is 5.82 Å². The van der Waals surface area contributed by atoms with Crippen LogP contribution in [0.25, 0.3) is 15.3 Å². The standard InChI is InChI=1S/C26H19ClN4O2S/c27-17-11-9-16(10-12-17)15-33-22-7-3-1-5-18(22)19-13-24(32)30-25-20(19)14-28-31(25)26-29-21-6-2-4-8-23(21)34-26/h1-12,14,19H,13,15H2,(H,30,32)/t19-/m0/s1. The van der Waals surface area contributed by atoms with Crippen LogP contribution in [-0.2, 0) is 11.4 Å². The number of ether oxygens (including phenoxy) is 1. The summed E-state index contributed by atoms with van der Waals surface area (Å²) in [5.41, 5.74) is 3.83. The number of thiazole rings is 1. The Morgan fingerprint density at radius 1 is 1.03 bits per heavy atom. The average molecular weight is 487 g/mol. The summed E-state index contributed by atoms with van der Waals surface area (Å²) < 4.78 is 8.98. The van der Waals surface area contributed by atoms with Gasteiger partial charge in [-0.1, -0.05) is 65.4 Å². The minimum absolute atomic E-state index is 0.0622. The predicted molar refractivity (Wildman–Crippen MR) is 134 cm³/mol. The molecule has 1 N–H and O–H groups in total. The van der Waals surface area contributed by atoms with E-state index < -0.39 is 0 Å². The SMILES string of the molecule is O=C1C[C@@H](c2ccccc2OCc2ccc(Cl)cc2)c2cnn(-c3nc4ccccc4s3)c2N1. The quantitative estimate of drug-likeness (QED) is 0.321. The van der Waals surface area contributed by atoms with E-state index in [2.05, 4.69) is 10.4 Å². The number of anilines is 1. The molecule has 2 aromatic heterocycles.